The van der Waals surface area contributed by atoms with Crippen molar-refractivity contribution in [2.45, 2.75) is 26.7 Å². The third-order valence-corrected chi connectivity index (χ3v) is 4.69. The lowest BCUT2D eigenvalue weighted by molar-refractivity contribution is -0.121. The van der Waals surface area contributed by atoms with Crippen molar-refractivity contribution in [3.63, 3.8) is 0 Å². The molecule has 3 aromatic rings. The van der Waals surface area contributed by atoms with Crippen molar-refractivity contribution in [3.05, 3.63) is 76.8 Å². The lowest BCUT2D eigenvalue weighted by Gasteiger charge is -2.09. The van der Waals surface area contributed by atoms with Gasteiger partial charge in [-0.15, -0.1) is 0 Å². The summed E-state index contributed by atoms with van der Waals surface area (Å²) in [6.07, 6.45) is 0.958. The number of carbonyl (C=O) groups excluding carboxylic acids is 1. The van der Waals surface area contributed by atoms with Crippen molar-refractivity contribution in [2.75, 3.05) is 6.61 Å². The molecule has 0 saturated heterocycles. The van der Waals surface area contributed by atoms with Crippen LogP contribution in [0.2, 0.25) is 5.02 Å². The fourth-order valence-electron chi connectivity index (χ4n) is 2.87. The Kier molecular flexibility index (Phi) is 6.66. The number of amides is 1. The van der Waals surface area contributed by atoms with Gasteiger partial charge in [-0.25, -0.2) is 5.43 Å². The fourth-order valence-corrected chi connectivity index (χ4v) is 3.10. The lowest BCUT2D eigenvalue weighted by Crippen LogP contribution is -2.19. The largest absolute Gasteiger partial charge is 0.493 e. The van der Waals surface area contributed by atoms with Crippen LogP contribution in [0.15, 0.2) is 65.8 Å². The standard InChI is InChI=1S/C23H23ClN2O2/c1-16-14-21(24)11-12-22(16)28-13-5-8-23(27)26-25-17(2)19-10-9-18-6-3-4-7-20(18)15-19/h3-4,6-7,9-12,14-15H,5,8,13H2,1-2H3,(H,26,27). The summed E-state index contributed by atoms with van der Waals surface area (Å²) in [5.41, 5.74) is 5.36. The molecule has 3 aromatic carbocycles. The highest BCUT2D eigenvalue weighted by atomic mass is 35.5. The van der Waals surface area contributed by atoms with Gasteiger partial charge >= 0.3 is 0 Å². The monoisotopic (exact) mass is 394 g/mol. The van der Waals surface area contributed by atoms with E-state index in [0.29, 0.717) is 24.5 Å². The Bertz CT molecular complexity index is 1010. The maximum absolute atomic E-state index is 12.0. The molecule has 144 valence electrons. The predicted molar refractivity (Wildman–Crippen MR) is 115 cm³/mol. The van der Waals surface area contributed by atoms with E-state index in [-0.39, 0.29) is 5.91 Å². The number of carbonyl (C=O) groups is 1. The molecule has 0 atom stereocenters. The van der Waals surface area contributed by atoms with Crippen LogP contribution in [0.25, 0.3) is 10.8 Å². The molecule has 3 rings (SSSR count). The van der Waals surface area contributed by atoms with Gasteiger partial charge in [0.1, 0.15) is 5.75 Å². The van der Waals surface area contributed by atoms with Crippen LogP contribution in [0, 0.1) is 6.92 Å². The summed E-state index contributed by atoms with van der Waals surface area (Å²) in [5, 5.41) is 7.24. The third kappa shape index (κ3) is 5.33. The van der Waals surface area contributed by atoms with Gasteiger partial charge in [-0.05, 0) is 66.4 Å². The molecule has 0 spiro atoms. The average Bonchev–Trinajstić information content (AvgIpc) is 2.70. The van der Waals surface area contributed by atoms with Crippen LogP contribution in [-0.4, -0.2) is 18.2 Å². The first-order valence-corrected chi connectivity index (χ1v) is 9.62. The first-order valence-electron chi connectivity index (χ1n) is 9.24. The summed E-state index contributed by atoms with van der Waals surface area (Å²) in [5.74, 6) is 0.659. The van der Waals surface area contributed by atoms with Crippen LogP contribution in [0.4, 0.5) is 0 Å². The van der Waals surface area contributed by atoms with E-state index in [0.717, 1.165) is 28.0 Å². The second-order valence-corrected chi connectivity index (χ2v) is 7.09. The number of rotatable bonds is 7. The van der Waals surface area contributed by atoms with Crippen LogP contribution in [0.1, 0.15) is 30.9 Å². The maximum atomic E-state index is 12.0. The predicted octanol–water partition coefficient (Wildman–Crippen LogP) is 5.50. The van der Waals surface area contributed by atoms with E-state index in [1.807, 2.05) is 44.2 Å². The van der Waals surface area contributed by atoms with Gasteiger partial charge in [0.25, 0.3) is 0 Å². The van der Waals surface area contributed by atoms with E-state index in [1.165, 1.54) is 5.39 Å². The zero-order valence-electron chi connectivity index (χ0n) is 16.0. The molecule has 0 aliphatic carbocycles. The number of fused-ring (bicyclic) bond motifs is 1. The molecule has 0 fully saturated rings. The van der Waals surface area contributed by atoms with Gasteiger partial charge < -0.3 is 4.74 Å². The molecule has 1 amide bonds. The number of nitrogens with zero attached hydrogens (tertiary/aromatic N) is 1. The number of halogens is 1. The average molecular weight is 395 g/mol. The summed E-state index contributed by atoms with van der Waals surface area (Å²) in [4.78, 5) is 12.0. The first kappa shape index (κ1) is 19.9. The van der Waals surface area contributed by atoms with Gasteiger partial charge in [0.15, 0.2) is 0 Å². The molecule has 0 aliphatic rings. The SMILES string of the molecule is CC(=NNC(=O)CCCOc1ccc(Cl)cc1C)c1ccc2ccccc2c1. The second-order valence-electron chi connectivity index (χ2n) is 6.66. The van der Waals surface area contributed by atoms with Crippen molar-refractivity contribution in [1.82, 2.24) is 5.43 Å². The van der Waals surface area contributed by atoms with Crippen LogP contribution in [-0.2, 0) is 4.79 Å². The lowest BCUT2D eigenvalue weighted by atomic mass is 10.0. The summed E-state index contributed by atoms with van der Waals surface area (Å²) in [6.45, 7) is 4.29. The zero-order valence-corrected chi connectivity index (χ0v) is 16.8. The van der Waals surface area contributed by atoms with E-state index < -0.39 is 0 Å². The highest BCUT2D eigenvalue weighted by Crippen LogP contribution is 2.22. The summed E-state index contributed by atoms with van der Waals surface area (Å²) < 4.78 is 5.70. The minimum atomic E-state index is -0.128. The van der Waals surface area contributed by atoms with E-state index in [1.54, 1.807) is 6.07 Å². The van der Waals surface area contributed by atoms with Gasteiger partial charge in [-0.1, -0.05) is 48.0 Å². The second kappa shape index (κ2) is 9.38. The molecule has 0 bridgehead atoms. The van der Waals surface area contributed by atoms with Crippen LogP contribution >= 0.6 is 11.6 Å². The summed E-state index contributed by atoms with van der Waals surface area (Å²) >= 11 is 5.93. The molecule has 0 aromatic heterocycles. The maximum Gasteiger partial charge on any atom is 0.240 e. The Morgan fingerprint density at radius 1 is 1.07 bits per heavy atom. The molecular formula is C23H23ClN2O2. The number of hydrogen-bond acceptors (Lipinski definition) is 3. The smallest absolute Gasteiger partial charge is 0.240 e. The Morgan fingerprint density at radius 2 is 1.86 bits per heavy atom. The number of hydrogen-bond donors (Lipinski definition) is 1. The van der Waals surface area contributed by atoms with Crippen LogP contribution in [0.3, 0.4) is 0 Å². The van der Waals surface area contributed by atoms with Gasteiger partial charge in [-0.2, -0.15) is 5.10 Å². The fraction of sp³-hybridized carbons (Fsp3) is 0.217. The van der Waals surface area contributed by atoms with Crippen LogP contribution < -0.4 is 10.2 Å². The zero-order chi connectivity index (χ0) is 19.9. The van der Waals surface area contributed by atoms with Crippen molar-refractivity contribution in [1.29, 1.82) is 0 Å². The minimum absolute atomic E-state index is 0.128. The van der Waals surface area contributed by atoms with E-state index in [9.17, 15) is 4.79 Å². The van der Waals surface area contributed by atoms with Crippen molar-refractivity contribution in [3.8, 4) is 5.75 Å². The molecule has 0 saturated carbocycles. The van der Waals surface area contributed by atoms with Crippen molar-refractivity contribution < 1.29 is 9.53 Å². The third-order valence-electron chi connectivity index (χ3n) is 4.46. The highest BCUT2D eigenvalue weighted by Gasteiger charge is 2.04. The molecule has 0 heterocycles. The quantitative estimate of drug-likeness (QED) is 0.326. The van der Waals surface area contributed by atoms with E-state index in [2.05, 4.69) is 34.8 Å². The Morgan fingerprint density at radius 3 is 2.64 bits per heavy atom. The van der Waals surface area contributed by atoms with Gasteiger partial charge in [0, 0.05) is 11.4 Å². The topological polar surface area (TPSA) is 50.7 Å². The van der Waals surface area contributed by atoms with Crippen molar-refractivity contribution >= 4 is 34.0 Å². The van der Waals surface area contributed by atoms with Gasteiger partial charge in [-0.3, -0.25) is 4.79 Å². The number of nitrogens with one attached hydrogen (secondary N) is 1. The first-order chi connectivity index (χ1) is 13.5. The molecule has 0 radical (unpaired) electrons. The molecule has 4 nitrogen and oxygen atoms in total. The Labute approximate surface area is 170 Å². The highest BCUT2D eigenvalue weighted by molar-refractivity contribution is 6.30. The van der Waals surface area contributed by atoms with Crippen molar-refractivity contribution in [2.24, 2.45) is 5.10 Å². The molecular weight excluding hydrogens is 372 g/mol. The van der Waals surface area contributed by atoms with Gasteiger partial charge in [0.2, 0.25) is 5.91 Å². The molecule has 5 heteroatoms. The normalized spacial score (nSPS) is 11.5. The number of aryl methyl sites for hydroxylation is 1. The Hall–Kier alpha value is -2.85. The number of ether oxygens (including phenoxy) is 1. The Balaban J connectivity index is 1.47. The number of hydrazone groups is 1. The summed E-state index contributed by atoms with van der Waals surface area (Å²) in [6, 6.07) is 19.8. The van der Waals surface area contributed by atoms with Crippen LogP contribution in [0.5, 0.6) is 5.75 Å². The molecule has 0 unspecified atom stereocenters. The minimum Gasteiger partial charge on any atom is -0.493 e. The molecule has 0 aliphatic heterocycles. The summed E-state index contributed by atoms with van der Waals surface area (Å²) in [7, 11) is 0. The molecule has 1 N–H and O–H groups in total. The van der Waals surface area contributed by atoms with E-state index >= 15 is 0 Å². The number of benzene rings is 3. The van der Waals surface area contributed by atoms with E-state index in [4.69, 9.17) is 16.3 Å². The van der Waals surface area contributed by atoms with Gasteiger partial charge in [0.05, 0.1) is 12.3 Å². The molecule has 28 heavy (non-hydrogen) atoms.